The van der Waals surface area contributed by atoms with Crippen LogP contribution in [0, 0.1) is 6.92 Å². The molecule has 0 aliphatic carbocycles. The van der Waals surface area contributed by atoms with Crippen LogP contribution in [0.25, 0.3) is 0 Å². The maximum Gasteiger partial charge on any atom is 0.277 e. The van der Waals surface area contributed by atoms with E-state index in [9.17, 15) is 4.79 Å². The summed E-state index contributed by atoms with van der Waals surface area (Å²) in [7, 11) is 0. The largest absolute Gasteiger partial charge is 0.483 e. The Labute approximate surface area is 157 Å². The van der Waals surface area contributed by atoms with Crippen molar-refractivity contribution in [2.24, 2.45) is 5.10 Å². The summed E-state index contributed by atoms with van der Waals surface area (Å²) in [5.41, 5.74) is 6.39. The molecule has 0 unspecified atom stereocenters. The first-order valence-electron chi connectivity index (χ1n) is 8.20. The van der Waals surface area contributed by atoms with Gasteiger partial charge in [-0.05, 0) is 48.6 Å². The lowest BCUT2D eigenvalue weighted by molar-refractivity contribution is -0.123. The normalized spacial score (nSPS) is 11.5. The molecule has 0 heterocycles. The maximum absolute atomic E-state index is 12.0. The Morgan fingerprint density at radius 1 is 1.24 bits per heavy atom. The first kappa shape index (κ1) is 19.2. The summed E-state index contributed by atoms with van der Waals surface area (Å²) in [5, 5.41) is 4.13. The highest BCUT2D eigenvalue weighted by Gasteiger charge is 2.12. The van der Waals surface area contributed by atoms with Crippen molar-refractivity contribution in [3.05, 3.63) is 63.6 Å². The van der Waals surface area contributed by atoms with Gasteiger partial charge in [-0.15, -0.1) is 0 Å². The lowest BCUT2D eigenvalue weighted by Gasteiger charge is -2.15. The maximum atomic E-state index is 12.0. The van der Waals surface area contributed by atoms with Crippen LogP contribution in [-0.2, 0) is 4.79 Å². The first-order chi connectivity index (χ1) is 11.9. The van der Waals surface area contributed by atoms with Crippen molar-refractivity contribution in [3.63, 3.8) is 0 Å². The standard InChI is InChI=1S/C20H23BrN2O2/c1-13(2)17-11-18(21)14(3)10-19(17)25-12-20(24)23-22-15(4)16-8-6-5-7-9-16/h5-11,13H,12H2,1-4H3,(H,23,24)/b22-15-. The molecular formula is C20H23BrN2O2. The molecular weight excluding hydrogens is 380 g/mol. The lowest BCUT2D eigenvalue weighted by atomic mass is 10.0. The molecule has 0 saturated carbocycles. The van der Waals surface area contributed by atoms with Gasteiger partial charge in [-0.25, -0.2) is 5.43 Å². The molecule has 0 aliphatic heterocycles. The number of aryl methyl sites for hydroxylation is 1. The number of nitrogens with one attached hydrogen (secondary N) is 1. The van der Waals surface area contributed by atoms with Gasteiger partial charge in [0.1, 0.15) is 5.75 Å². The van der Waals surface area contributed by atoms with Gasteiger partial charge in [0.2, 0.25) is 0 Å². The number of hydrogen-bond acceptors (Lipinski definition) is 3. The van der Waals surface area contributed by atoms with Crippen LogP contribution in [0.5, 0.6) is 5.75 Å². The van der Waals surface area contributed by atoms with Gasteiger partial charge in [0.25, 0.3) is 5.91 Å². The van der Waals surface area contributed by atoms with E-state index in [4.69, 9.17) is 4.74 Å². The molecule has 0 aromatic heterocycles. The van der Waals surface area contributed by atoms with E-state index in [0.717, 1.165) is 32.6 Å². The van der Waals surface area contributed by atoms with Gasteiger partial charge < -0.3 is 4.74 Å². The third-order valence-corrected chi connectivity index (χ3v) is 4.67. The van der Waals surface area contributed by atoms with E-state index in [0.29, 0.717) is 5.92 Å². The number of nitrogens with zero attached hydrogens (tertiary/aromatic N) is 1. The number of ether oxygens (including phenoxy) is 1. The quantitative estimate of drug-likeness (QED) is 0.557. The zero-order chi connectivity index (χ0) is 18.4. The van der Waals surface area contributed by atoms with E-state index in [2.05, 4.69) is 40.3 Å². The molecule has 5 heteroatoms. The van der Waals surface area contributed by atoms with Crippen molar-refractivity contribution in [1.29, 1.82) is 0 Å². The Morgan fingerprint density at radius 3 is 2.56 bits per heavy atom. The van der Waals surface area contributed by atoms with Gasteiger partial charge in [-0.2, -0.15) is 5.10 Å². The number of hydrogen-bond donors (Lipinski definition) is 1. The molecule has 0 fully saturated rings. The fourth-order valence-corrected chi connectivity index (χ4v) is 2.67. The van der Waals surface area contributed by atoms with Crippen molar-refractivity contribution < 1.29 is 9.53 Å². The molecule has 2 aromatic carbocycles. The summed E-state index contributed by atoms with van der Waals surface area (Å²) in [4.78, 5) is 12.0. The number of hydrazone groups is 1. The molecule has 0 aliphatic rings. The second-order valence-electron chi connectivity index (χ2n) is 6.18. The average molecular weight is 403 g/mol. The minimum absolute atomic E-state index is 0.0770. The molecule has 2 aromatic rings. The molecule has 0 atom stereocenters. The highest BCUT2D eigenvalue weighted by Crippen LogP contribution is 2.32. The van der Waals surface area contributed by atoms with Crippen molar-refractivity contribution in [2.45, 2.75) is 33.6 Å². The smallest absolute Gasteiger partial charge is 0.277 e. The van der Waals surface area contributed by atoms with Gasteiger partial charge in [0.15, 0.2) is 6.61 Å². The van der Waals surface area contributed by atoms with Crippen LogP contribution in [0.15, 0.2) is 52.0 Å². The van der Waals surface area contributed by atoms with Gasteiger partial charge in [-0.3, -0.25) is 4.79 Å². The van der Waals surface area contributed by atoms with Gasteiger partial charge in [0, 0.05) is 4.47 Å². The van der Waals surface area contributed by atoms with E-state index in [1.165, 1.54) is 0 Å². The minimum Gasteiger partial charge on any atom is -0.483 e. The van der Waals surface area contributed by atoms with Crippen LogP contribution in [0.2, 0.25) is 0 Å². The second-order valence-corrected chi connectivity index (χ2v) is 7.04. The molecule has 2 rings (SSSR count). The second kappa shape index (κ2) is 8.81. The van der Waals surface area contributed by atoms with Crippen molar-refractivity contribution in [3.8, 4) is 5.75 Å². The third kappa shape index (κ3) is 5.43. The number of carbonyl (C=O) groups excluding carboxylic acids is 1. The molecule has 0 saturated heterocycles. The number of amides is 1. The fraction of sp³-hybridized carbons (Fsp3) is 0.300. The monoisotopic (exact) mass is 402 g/mol. The van der Waals surface area contributed by atoms with Gasteiger partial charge in [0.05, 0.1) is 5.71 Å². The fourth-order valence-electron chi connectivity index (χ4n) is 2.31. The van der Waals surface area contributed by atoms with Crippen LogP contribution in [0.4, 0.5) is 0 Å². The Morgan fingerprint density at radius 2 is 1.92 bits per heavy atom. The van der Waals surface area contributed by atoms with Gasteiger partial charge >= 0.3 is 0 Å². The zero-order valence-corrected chi connectivity index (χ0v) is 16.6. The molecule has 0 radical (unpaired) electrons. The summed E-state index contributed by atoms with van der Waals surface area (Å²) in [6, 6.07) is 13.7. The number of benzene rings is 2. The van der Waals surface area contributed by atoms with Crippen molar-refractivity contribution in [2.75, 3.05) is 6.61 Å². The summed E-state index contributed by atoms with van der Waals surface area (Å²) in [6.45, 7) is 7.96. The molecule has 4 nitrogen and oxygen atoms in total. The highest BCUT2D eigenvalue weighted by atomic mass is 79.9. The van der Waals surface area contributed by atoms with E-state index in [1.807, 2.05) is 56.3 Å². The Hall–Kier alpha value is -2.14. The predicted molar refractivity (Wildman–Crippen MR) is 105 cm³/mol. The van der Waals surface area contributed by atoms with Crippen LogP contribution in [0.3, 0.4) is 0 Å². The van der Waals surface area contributed by atoms with Gasteiger partial charge in [-0.1, -0.05) is 60.1 Å². The molecule has 25 heavy (non-hydrogen) atoms. The molecule has 0 spiro atoms. The lowest BCUT2D eigenvalue weighted by Crippen LogP contribution is -2.26. The van der Waals surface area contributed by atoms with Crippen LogP contribution < -0.4 is 10.2 Å². The topological polar surface area (TPSA) is 50.7 Å². The van der Waals surface area contributed by atoms with Crippen LogP contribution in [-0.4, -0.2) is 18.2 Å². The van der Waals surface area contributed by atoms with E-state index < -0.39 is 0 Å². The summed E-state index contributed by atoms with van der Waals surface area (Å²) in [6.07, 6.45) is 0. The third-order valence-electron chi connectivity index (χ3n) is 3.81. The number of carbonyl (C=O) groups is 1. The minimum atomic E-state index is -0.287. The molecule has 1 N–H and O–H groups in total. The molecule has 0 bridgehead atoms. The Bertz CT molecular complexity index is 771. The SMILES string of the molecule is C/C(=N/NC(=O)COc1cc(C)c(Br)cc1C(C)C)c1ccccc1. The highest BCUT2D eigenvalue weighted by molar-refractivity contribution is 9.10. The zero-order valence-electron chi connectivity index (χ0n) is 15.0. The Kier molecular flexibility index (Phi) is 6.76. The summed E-state index contributed by atoms with van der Waals surface area (Å²) >= 11 is 3.54. The Balaban J connectivity index is 2.00. The first-order valence-corrected chi connectivity index (χ1v) is 8.99. The molecule has 132 valence electrons. The number of rotatable bonds is 6. The summed E-state index contributed by atoms with van der Waals surface area (Å²) in [5.74, 6) is 0.744. The van der Waals surface area contributed by atoms with E-state index in [1.54, 1.807) is 0 Å². The molecule has 1 amide bonds. The summed E-state index contributed by atoms with van der Waals surface area (Å²) < 4.78 is 6.77. The van der Waals surface area contributed by atoms with Crippen molar-refractivity contribution in [1.82, 2.24) is 5.43 Å². The number of halogens is 1. The predicted octanol–water partition coefficient (Wildman–Crippen LogP) is 4.80. The van der Waals surface area contributed by atoms with E-state index >= 15 is 0 Å². The van der Waals surface area contributed by atoms with E-state index in [-0.39, 0.29) is 12.5 Å². The average Bonchev–Trinajstić information content (AvgIpc) is 2.60. The van der Waals surface area contributed by atoms with Crippen molar-refractivity contribution >= 4 is 27.5 Å². The van der Waals surface area contributed by atoms with Crippen LogP contribution >= 0.6 is 15.9 Å². The van der Waals surface area contributed by atoms with Crippen LogP contribution in [0.1, 0.15) is 43.4 Å².